The summed E-state index contributed by atoms with van der Waals surface area (Å²) >= 11 is 0. The Labute approximate surface area is 71.2 Å². The highest BCUT2D eigenvalue weighted by Crippen LogP contribution is 2.17. The fourth-order valence-electron chi connectivity index (χ4n) is 0.980. The highest BCUT2D eigenvalue weighted by Gasteiger charge is 2.28. The van der Waals surface area contributed by atoms with Crippen molar-refractivity contribution in [1.82, 2.24) is 0 Å². The predicted octanol–water partition coefficient (Wildman–Crippen LogP) is 1.02. The van der Waals surface area contributed by atoms with Crippen molar-refractivity contribution >= 4 is 11.9 Å². The zero-order valence-electron chi connectivity index (χ0n) is 6.99. The van der Waals surface area contributed by atoms with Gasteiger partial charge in [-0.25, -0.2) is 0 Å². The van der Waals surface area contributed by atoms with Gasteiger partial charge in [0.2, 0.25) is 0 Å². The number of carboxylic acid groups (broad SMARTS) is 2. The zero-order chi connectivity index (χ0) is 9.72. The molecule has 0 aliphatic rings. The van der Waals surface area contributed by atoms with Gasteiger partial charge in [-0.2, -0.15) is 0 Å². The van der Waals surface area contributed by atoms with Gasteiger partial charge in [-0.05, 0) is 13.3 Å². The van der Waals surface area contributed by atoms with Crippen LogP contribution in [0.15, 0.2) is 0 Å². The molecule has 1 radical (unpaired) electrons. The lowest BCUT2D eigenvalue weighted by Crippen LogP contribution is -2.27. The highest BCUT2D eigenvalue weighted by atomic mass is 16.4. The van der Waals surface area contributed by atoms with Gasteiger partial charge in [0.1, 0.15) is 0 Å². The van der Waals surface area contributed by atoms with E-state index in [1.54, 1.807) is 0 Å². The molecule has 0 fully saturated rings. The Kier molecular flexibility index (Phi) is 4.33. The van der Waals surface area contributed by atoms with Crippen LogP contribution in [0.2, 0.25) is 0 Å². The first-order valence-corrected chi connectivity index (χ1v) is 3.79. The van der Waals surface area contributed by atoms with Crippen LogP contribution in [0.5, 0.6) is 0 Å². The summed E-state index contributed by atoms with van der Waals surface area (Å²) in [6.07, 6.45) is 1.01. The number of rotatable bonds is 5. The lowest BCUT2D eigenvalue weighted by Gasteiger charge is -2.14. The minimum Gasteiger partial charge on any atom is -0.481 e. The van der Waals surface area contributed by atoms with Crippen LogP contribution in [-0.2, 0) is 9.59 Å². The third-order valence-electron chi connectivity index (χ3n) is 1.72. The summed E-state index contributed by atoms with van der Waals surface area (Å²) in [5, 5.41) is 17.1. The van der Waals surface area contributed by atoms with E-state index in [0.29, 0.717) is 12.8 Å². The molecule has 0 aliphatic carbocycles. The third-order valence-corrected chi connectivity index (χ3v) is 1.72. The van der Waals surface area contributed by atoms with Crippen molar-refractivity contribution in [3.05, 3.63) is 6.92 Å². The van der Waals surface area contributed by atoms with Crippen LogP contribution in [0.4, 0.5) is 0 Å². The van der Waals surface area contributed by atoms with Gasteiger partial charge in [0, 0.05) is 0 Å². The normalized spacial score (nSPS) is 15.2. The Morgan fingerprint density at radius 3 is 2.08 bits per heavy atom. The molecule has 12 heavy (non-hydrogen) atoms. The van der Waals surface area contributed by atoms with Crippen LogP contribution in [0.1, 0.15) is 19.8 Å². The Hall–Kier alpha value is -1.06. The van der Waals surface area contributed by atoms with Crippen LogP contribution in [0.25, 0.3) is 0 Å². The van der Waals surface area contributed by atoms with Gasteiger partial charge in [-0.15, -0.1) is 0 Å². The van der Waals surface area contributed by atoms with Gasteiger partial charge in [0.15, 0.2) is 0 Å². The summed E-state index contributed by atoms with van der Waals surface area (Å²) in [7, 11) is 0. The van der Waals surface area contributed by atoms with Crippen molar-refractivity contribution in [2.45, 2.75) is 19.8 Å². The third kappa shape index (κ3) is 2.90. The minimum atomic E-state index is -1.16. The fraction of sp³-hybridized carbons (Fsp3) is 0.625. The van der Waals surface area contributed by atoms with Crippen molar-refractivity contribution in [3.63, 3.8) is 0 Å². The molecule has 0 aromatic rings. The quantitative estimate of drug-likeness (QED) is 0.651. The number of aliphatic carboxylic acids is 2. The first-order valence-electron chi connectivity index (χ1n) is 3.79. The molecule has 2 atom stereocenters. The molecule has 0 rings (SSSR count). The molecule has 2 unspecified atom stereocenters. The SMILES string of the molecule is [CH2]C(C(=O)O)C(CCC)C(=O)O. The minimum absolute atomic E-state index is 0.357. The van der Waals surface area contributed by atoms with Crippen LogP contribution < -0.4 is 0 Å². The maximum Gasteiger partial charge on any atom is 0.307 e. The second kappa shape index (κ2) is 4.74. The Balaban J connectivity index is 4.28. The molecule has 0 heterocycles. The van der Waals surface area contributed by atoms with Gasteiger partial charge in [0.25, 0.3) is 0 Å². The van der Waals surface area contributed by atoms with Crippen molar-refractivity contribution in [2.24, 2.45) is 11.8 Å². The molecule has 4 heteroatoms. The second-order valence-corrected chi connectivity index (χ2v) is 2.68. The topological polar surface area (TPSA) is 74.6 Å². The highest BCUT2D eigenvalue weighted by molar-refractivity contribution is 5.80. The van der Waals surface area contributed by atoms with Gasteiger partial charge >= 0.3 is 11.9 Å². The summed E-state index contributed by atoms with van der Waals surface area (Å²) < 4.78 is 0. The standard InChI is InChI=1S/C8H13O4/c1-3-4-6(8(11)12)5(2)7(9)10/h5-6H,2-4H2,1H3,(H,9,10)(H,11,12). The van der Waals surface area contributed by atoms with Crippen molar-refractivity contribution < 1.29 is 19.8 Å². The van der Waals surface area contributed by atoms with Crippen LogP contribution >= 0.6 is 0 Å². The van der Waals surface area contributed by atoms with Gasteiger partial charge < -0.3 is 10.2 Å². The van der Waals surface area contributed by atoms with Crippen molar-refractivity contribution in [3.8, 4) is 0 Å². The van der Waals surface area contributed by atoms with E-state index in [0.717, 1.165) is 0 Å². The molecule has 0 aromatic carbocycles. The predicted molar refractivity (Wildman–Crippen MR) is 42.5 cm³/mol. The summed E-state index contributed by atoms with van der Waals surface area (Å²) in [6.45, 7) is 5.11. The average molecular weight is 173 g/mol. The molecule has 0 amide bonds. The van der Waals surface area contributed by atoms with Gasteiger partial charge in [-0.1, -0.05) is 13.3 Å². The maximum absolute atomic E-state index is 10.5. The molecular weight excluding hydrogens is 160 g/mol. The first-order chi connectivity index (χ1) is 5.50. The lowest BCUT2D eigenvalue weighted by atomic mass is 9.90. The van der Waals surface area contributed by atoms with E-state index in [2.05, 4.69) is 6.92 Å². The average Bonchev–Trinajstić information content (AvgIpc) is 1.98. The van der Waals surface area contributed by atoms with E-state index in [9.17, 15) is 9.59 Å². The first kappa shape index (κ1) is 10.9. The van der Waals surface area contributed by atoms with E-state index in [1.807, 2.05) is 6.92 Å². The van der Waals surface area contributed by atoms with E-state index >= 15 is 0 Å². The van der Waals surface area contributed by atoms with Crippen LogP contribution in [0, 0.1) is 18.8 Å². The molecular formula is C8H13O4. The van der Waals surface area contributed by atoms with E-state index in [4.69, 9.17) is 10.2 Å². The summed E-state index contributed by atoms with van der Waals surface area (Å²) in [4.78, 5) is 20.9. The van der Waals surface area contributed by atoms with E-state index in [1.165, 1.54) is 0 Å². The fourth-order valence-corrected chi connectivity index (χ4v) is 0.980. The summed E-state index contributed by atoms with van der Waals surface area (Å²) in [5.41, 5.74) is 0. The Morgan fingerprint density at radius 1 is 1.33 bits per heavy atom. The van der Waals surface area contributed by atoms with Crippen molar-refractivity contribution in [1.29, 1.82) is 0 Å². The summed E-state index contributed by atoms with van der Waals surface area (Å²) in [6, 6.07) is 0. The zero-order valence-corrected chi connectivity index (χ0v) is 6.99. The van der Waals surface area contributed by atoms with Gasteiger partial charge in [-0.3, -0.25) is 9.59 Å². The number of carbonyl (C=O) groups is 2. The smallest absolute Gasteiger partial charge is 0.307 e. The molecule has 0 saturated carbocycles. The monoisotopic (exact) mass is 173 g/mol. The van der Waals surface area contributed by atoms with E-state index in [-0.39, 0.29) is 0 Å². The van der Waals surface area contributed by atoms with Crippen molar-refractivity contribution in [2.75, 3.05) is 0 Å². The van der Waals surface area contributed by atoms with Gasteiger partial charge in [0.05, 0.1) is 11.8 Å². The maximum atomic E-state index is 10.5. The van der Waals surface area contributed by atoms with Crippen LogP contribution in [-0.4, -0.2) is 22.2 Å². The molecule has 2 N–H and O–H groups in total. The lowest BCUT2D eigenvalue weighted by molar-refractivity contribution is -0.152. The molecule has 0 aliphatic heterocycles. The summed E-state index contributed by atoms with van der Waals surface area (Å²) in [5.74, 6) is -4.16. The number of hydrogen-bond acceptors (Lipinski definition) is 2. The number of carboxylic acids is 2. The number of hydrogen-bond donors (Lipinski definition) is 2. The molecule has 0 spiro atoms. The largest absolute Gasteiger partial charge is 0.481 e. The molecule has 0 saturated heterocycles. The molecule has 0 bridgehead atoms. The van der Waals surface area contributed by atoms with Crippen LogP contribution in [0.3, 0.4) is 0 Å². The Morgan fingerprint density at radius 2 is 1.83 bits per heavy atom. The molecule has 4 nitrogen and oxygen atoms in total. The van der Waals surface area contributed by atoms with E-state index < -0.39 is 23.8 Å². The second-order valence-electron chi connectivity index (χ2n) is 2.68. The Bertz CT molecular complexity index is 176. The molecule has 0 aromatic heterocycles. The molecule has 69 valence electrons.